The van der Waals surface area contributed by atoms with Crippen molar-refractivity contribution in [3.8, 4) is 5.75 Å². The van der Waals surface area contributed by atoms with Crippen LogP contribution in [0, 0.1) is 0 Å². The molecule has 0 amide bonds. The van der Waals surface area contributed by atoms with Crippen LogP contribution in [0.2, 0.25) is 0 Å². The smallest absolute Gasteiger partial charge is 0.229 e. The average Bonchev–Trinajstić information content (AvgIpc) is 2.54. The second-order valence-corrected chi connectivity index (χ2v) is 5.69. The minimum Gasteiger partial charge on any atom is -0.497 e. The first-order valence-corrected chi connectivity index (χ1v) is 7.42. The zero-order valence-electron chi connectivity index (χ0n) is 14.3. The molecule has 0 saturated carbocycles. The molecule has 1 aromatic heterocycles. The van der Waals surface area contributed by atoms with E-state index in [1.165, 1.54) is 5.56 Å². The lowest BCUT2D eigenvalue weighted by Gasteiger charge is -2.24. The molecule has 1 aromatic carbocycles. The molecule has 7 nitrogen and oxygen atoms in total. The summed E-state index contributed by atoms with van der Waals surface area (Å²) in [5, 5.41) is 0. The minimum absolute atomic E-state index is 0.0149. The second-order valence-electron chi connectivity index (χ2n) is 5.69. The summed E-state index contributed by atoms with van der Waals surface area (Å²) in [5.41, 5.74) is 6.99. The number of ether oxygens (including phenoxy) is 1. The Morgan fingerprint density at radius 1 is 1.09 bits per heavy atom. The maximum Gasteiger partial charge on any atom is 0.229 e. The summed E-state index contributed by atoms with van der Waals surface area (Å²) in [4.78, 5) is 16.9. The normalized spacial score (nSPS) is 12.3. The van der Waals surface area contributed by atoms with Gasteiger partial charge in [0.05, 0.1) is 13.2 Å². The Balaban J connectivity index is 2.13. The molecule has 124 valence electrons. The van der Waals surface area contributed by atoms with Crippen molar-refractivity contribution in [3.63, 3.8) is 0 Å². The van der Waals surface area contributed by atoms with Crippen LogP contribution in [0.5, 0.6) is 5.75 Å². The predicted octanol–water partition coefficient (Wildman–Crippen LogP) is 1.72. The molecular formula is C16H24N6O. The van der Waals surface area contributed by atoms with Gasteiger partial charge in [-0.15, -0.1) is 0 Å². The van der Waals surface area contributed by atoms with Gasteiger partial charge in [0.25, 0.3) is 0 Å². The van der Waals surface area contributed by atoms with Crippen molar-refractivity contribution in [3.05, 3.63) is 35.7 Å². The number of hydrogen-bond acceptors (Lipinski definition) is 7. The number of anilines is 2. The van der Waals surface area contributed by atoms with E-state index in [1.807, 2.05) is 38.2 Å². The summed E-state index contributed by atoms with van der Waals surface area (Å²) in [7, 11) is 7.45. The maximum absolute atomic E-state index is 5.80. The van der Waals surface area contributed by atoms with Gasteiger partial charge in [-0.25, -0.2) is 0 Å². The van der Waals surface area contributed by atoms with Gasteiger partial charge in [0.2, 0.25) is 11.9 Å². The molecule has 2 aromatic rings. The Kier molecular flexibility index (Phi) is 5.33. The molecule has 0 aliphatic rings. The lowest BCUT2D eigenvalue weighted by Crippen LogP contribution is -2.25. The number of aromatic nitrogens is 3. The largest absolute Gasteiger partial charge is 0.497 e. The fraction of sp³-hybridized carbons (Fsp3) is 0.438. The highest BCUT2D eigenvalue weighted by molar-refractivity contribution is 5.33. The number of hydrogen-bond donors (Lipinski definition) is 1. The van der Waals surface area contributed by atoms with Gasteiger partial charge in [-0.1, -0.05) is 12.1 Å². The van der Waals surface area contributed by atoms with Crippen LogP contribution in [0.1, 0.15) is 24.4 Å². The first kappa shape index (κ1) is 17.0. The van der Waals surface area contributed by atoms with Crippen molar-refractivity contribution < 1.29 is 4.74 Å². The number of rotatable bonds is 6. The summed E-state index contributed by atoms with van der Waals surface area (Å²) in [6, 6.07) is 8.03. The van der Waals surface area contributed by atoms with Crippen LogP contribution in [0.3, 0.4) is 0 Å². The monoisotopic (exact) mass is 316 g/mol. The fourth-order valence-electron chi connectivity index (χ4n) is 2.14. The average molecular weight is 316 g/mol. The standard InChI is InChI=1S/C16H24N6O/c1-11(14-18-15(17)20-16(19-14)21(2)3)22(4)10-12-6-8-13(23-5)9-7-12/h6-9,11H,10H2,1-5H3,(H2,17,18,19,20)/t11-/m0/s1. The first-order valence-electron chi connectivity index (χ1n) is 7.42. The number of methoxy groups -OCH3 is 1. The number of nitrogens with zero attached hydrogens (tertiary/aromatic N) is 5. The third-order valence-electron chi connectivity index (χ3n) is 3.68. The number of nitrogen functional groups attached to an aromatic ring is 1. The van der Waals surface area contributed by atoms with Crippen LogP contribution in [0.25, 0.3) is 0 Å². The molecular weight excluding hydrogens is 292 g/mol. The van der Waals surface area contributed by atoms with Crippen LogP contribution in [0.4, 0.5) is 11.9 Å². The van der Waals surface area contributed by atoms with Crippen LogP contribution in [-0.2, 0) is 6.54 Å². The Hall–Kier alpha value is -2.41. The molecule has 0 aliphatic heterocycles. The highest BCUT2D eigenvalue weighted by atomic mass is 16.5. The van der Waals surface area contributed by atoms with Gasteiger partial charge in [0, 0.05) is 20.6 Å². The van der Waals surface area contributed by atoms with E-state index in [0.717, 1.165) is 12.3 Å². The third kappa shape index (κ3) is 4.29. The Morgan fingerprint density at radius 3 is 2.30 bits per heavy atom. The van der Waals surface area contributed by atoms with E-state index >= 15 is 0 Å². The molecule has 2 rings (SSSR count). The quantitative estimate of drug-likeness (QED) is 0.869. The van der Waals surface area contributed by atoms with Gasteiger partial charge in [-0.2, -0.15) is 15.0 Å². The van der Waals surface area contributed by atoms with E-state index in [4.69, 9.17) is 10.5 Å². The van der Waals surface area contributed by atoms with Gasteiger partial charge in [0.15, 0.2) is 5.82 Å². The van der Waals surface area contributed by atoms with E-state index in [1.54, 1.807) is 7.11 Å². The van der Waals surface area contributed by atoms with Crippen molar-refractivity contribution in [2.45, 2.75) is 19.5 Å². The van der Waals surface area contributed by atoms with E-state index in [0.29, 0.717) is 11.8 Å². The maximum atomic E-state index is 5.80. The first-order chi connectivity index (χ1) is 10.9. The molecule has 0 fully saturated rings. The molecule has 0 unspecified atom stereocenters. The Bertz CT molecular complexity index is 644. The van der Waals surface area contributed by atoms with E-state index in [-0.39, 0.29) is 12.0 Å². The van der Waals surface area contributed by atoms with Crippen LogP contribution in [-0.4, -0.2) is 48.1 Å². The van der Waals surface area contributed by atoms with Gasteiger partial charge in [0.1, 0.15) is 5.75 Å². The predicted molar refractivity (Wildman–Crippen MR) is 91.4 cm³/mol. The van der Waals surface area contributed by atoms with E-state index in [2.05, 4.69) is 38.9 Å². The van der Waals surface area contributed by atoms with Crippen LogP contribution >= 0.6 is 0 Å². The van der Waals surface area contributed by atoms with Gasteiger partial charge in [-0.3, -0.25) is 4.90 Å². The van der Waals surface area contributed by atoms with Crippen molar-refractivity contribution in [2.75, 3.05) is 38.9 Å². The molecule has 0 spiro atoms. The van der Waals surface area contributed by atoms with Gasteiger partial charge < -0.3 is 15.4 Å². The van der Waals surface area contributed by atoms with Gasteiger partial charge >= 0.3 is 0 Å². The molecule has 0 radical (unpaired) electrons. The highest BCUT2D eigenvalue weighted by Gasteiger charge is 2.17. The number of nitrogens with two attached hydrogens (primary N) is 1. The molecule has 1 atom stereocenters. The SMILES string of the molecule is COc1ccc(CN(C)[C@@H](C)c2nc(N)nc(N(C)C)n2)cc1. The molecule has 0 saturated heterocycles. The van der Waals surface area contributed by atoms with Crippen LogP contribution in [0.15, 0.2) is 24.3 Å². The van der Waals surface area contributed by atoms with Crippen LogP contribution < -0.4 is 15.4 Å². The van der Waals surface area contributed by atoms with Crippen molar-refractivity contribution in [1.29, 1.82) is 0 Å². The molecule has 0 bridgehead atoms. The lowest BCUT2D eigenvalue weighted by atomic mass is 10.2. The lowest BCUT2D eigenvalue weighted by molar-refractivity contribution is 0.243. The Morgan fingerprint density at radius 2 is 1.74 bits per heavy atom. The second kappa shape index (κ2) is 7.23. The van der Waals surface area contributed by atoms with Crippen molar-refractivity contribution in [2.24, 2.45) is 0 Å². The highest BCUT2D eigenvalue weighted by Crippen LogP contribution is 2.20. The molecule has 2 N–H and O–H groups in total. The van der Waals surface area contributed by atoms with E-state index in [9.17, 15) is 0 Å². The summed E-state index contributed by atoms with van der Waals surface area (Å²) in [6.07, 6.45) is 0. The topological polar surface area (TPSA) is 80.4 Å². The van der Waals surface area contributed by atoms with Crippen molar-refractivity contribution in [1.82, 2.24) is 19.9 Å². The number of benzene rings is 1. The molecule has 0 aliphatic carbocycles. The zero-order valence-corrected chi connectivity index (χ0v) is 14.3. The summed E-state index contributed by atoms with van der Waals surface area (Å²) in [5.74, 6) is 2.32. The van der Waals surface area contributed by atoms with E-state index < -0.39 is 0 Å². The molecule has 7 heteroatoms. The summed E-state index contributed by atoms with van der Waals surface area (Å²) in [6.45, 7) is 2.83. The minimum atomic E-state index is 0.0149. The summed E-state index contributed by atoms with van der Waals surface area (Å²) >= 11 is 0. The fourth-order valence-corrected chi connectivity index (χ4v) is 2.14. The van der Waals surface area contributed by atoms with Gasteiger partial charge in [-0.05, 0) is 31.7 Å². The third-order valence-corrected chi connectivity index (χ3v) is 3.68. The van der Waals surface area contributed by atoms with Crippen molar-refractivity contribution >= 4 is 11.9 Å². The molecule has 23 heavy (non-hydrogen) atoms. The zero-order chi connectivity index (χ0) is 17.0. The molecule has 1 heterocycles. The summed E-state index contributed by atoms with van der Waals surface area (Å²) < 4.78 is 5.18. The Labute approximate surface area is 137 Å².